The summed E-state index contributed by atoms with van der Waals surface area (Å²) >= 11 is 6.54. The molecule has 7 heteroatoms. The molecule has 1 aliphatic heterocycles. The van der Waals surface area contributed by atoms with Crippen molar-refractivity contribution in [2.45, 2.75) is 32.6 Å². The number of Topliss-reactive ketones (excluding diaryl/α,β-unsaturated/α-hetero) is 1. The lowest BCUT2D eigenvalue weighted by Gasteiger charge is -2.40. The quantitative estimate of drug-likeness (QED) is 0.763. The molecule has 0 saturated carbocycles. The molecule has 0 spiro atoms. The molecule has 1 aromatic heterocycles. The van der Waals surface area contributed by atoms with E-state index < -0.39 is 5.92 Å². The predicted molar refractivity (Wildman–Crippen MR) is 112 cm³/mol. The predicted octanol–water partition coefficient (Wildman–Crippen LogP) is 4.40. The Balaban J connectivity index is 2.07. The van der Waals surface area contributed by atoms with Crippen LogP contribution in [-0.2, 0) is 4.79 Å². The summed E-state index contributed by atoms with van der Waals surface area (Å²) in [6.07, 6.45) is 1.10. The molecule has 0 fully saturated rings. The van der Waals surface area contributed by atoms with E-state index in [2.05, 4.69) is 30.2 Å². The van der Waals surface area contributed by atoms with E-state index in [4.69, 9.17) is 22.1 Å². The van der Waals surface area contributed by atoms with Crippen LogP contribution in [0.2, 0.25) is 5.02 Å². The number of nitrogens with zero attached hydrogens (tertiary/aromatic N) is 2. The van der Waals surface area contributed by atoms with Crippen molar-refractivity contribution in [3.63, 3.8) is 0 Å². The van der Waals surface area contributed by atoms with Gasteiger partial charge in [0.05, 0.1) is 12.8 Å². The third-order valence-corrected chi connectivity index (χ3v) is 5.87. The number of allylic oxidation sites excluding steroid dienone is 2. The molecular weight excluding hydrogens is 388 g/mol. The number of nitriles is 1. The number of carbonyl (C=O) groups excluding carboxylic acids is 1. The number of ether oxygens (including phenoxy) is 1. The molecule has 1 aliphatic carbocycles. The maximum atomic E-state index is 13.2. The summed E-state index contributed by atoms with van der Waals surface area (Å²) in [7, 11) is 1.45. The lowest BCUT2D eigenvalue weighted by molar-refractivity contribution is -0.118. The maximum absolute atomic E-state index is 13.2. The largest absolute Gasteiger partial charge is 0.480 e. The summed E-state index contributed by atoms with van der Waals surface area (Å²) in [5.41, 5.74) is 9.72. The van der Waals surface area contributed by atoms with E-state index in [0.29, 0.717) is 34.7 Å². The minimum Gasteiger partial charge on any atom is -0.480 e. The first-order valence-corrected chi connectivity index (χ1v) is 9.70. The summed E-state index contributed by atoms with van der Waals surface area (Å²) in [6.45, 7) is 4.12. The number of anilines is 2. The van der Waals surface area contributed by atoms with Crippen molar-refractivity contribution in [3.05, 3.63) is 57.2 Å². The van der Waals surface area contributed by atoms with Gasteiger partial charge in [-0.05, 0) is 23.5 Å². The first-order valence-electron chi connectivity index (χ1n) is 9.32. The molecule has 2 heterocycles. The highest BCUT2D eigenvalue weighted by Gasteiger charge is 2.43. The van der Waals surface area contributed by atoms with Gasteiger partial charge in [-0.2, -0.15) is 10.2 Å². The fourth-order valence-electron chi connectivity index (χ4n) is 4.37. The standard InChI is InChI=1S/C22H21ClN4O2/c1-22(2)8-14-17(15(28)9-22)16(11-6-4-5-7-13(11)23)18-19(26-14)12(10-24)21(29-3)27-20(18)25/h4-7,16,26H,8-9H2,1-3H3,(H2,25,27)/t16-/m1/s1. The van der Waals surface area contributed by atoms with E-state index in [1.807, 2.05) is 18.2 Å². The molecule has 0 radical (unpaired) electrons. The Labute approximate surface area is 174 Å². The lowest BCUT2D eigenvalue weighted by atomic mass is 9.68. The molecule has 1 atom stereocenters. The van der Waals surface area contributed by atoms with Crippen LogP contribution in [0, 0.1) is 16.7 Å². The Hall–Kier alpha value is -3.04. The molecule has 6 nitrogen and oxygen atoms in total. The SMILES string of the molecule is COc1nc(N)c2c(c1C#N)NC1=C(C(=O)CC(C)(C)C1)[C@H]2c1ccccc1Cl. The average Bonchev–Trinajstić information content (AvgIpc) is 2.65. The average molecular weight is 409 g/mol. The van der Waals surface area contributed by atoms with E-state index in [-0.39, 0.29) is 28.5 Å². The third-order valence-electron chi connectivity index (χ3n) is 5.53. The monoisotopic (exact) mass is 408 g/mol. The first-order chi connectivity index (χ1) is 13.8. The number of ketones is 1. The zero-order valence-electron chi connectivity index (χ0n) is 16.5. The van der Waals surface area contributed by atoms with E-state index in [1.54, 1.807) is 6.07 Å². The summed E-state index contributed by atoms with van der Waals surface area (Å²) in [6, 6.07) is 9.55. The van der Waals surface area contributed by atoms with Crippen LogP contribution in [0.5, 0.6) is 5.88 Å². The number of nitrogens with one attached hydrogen (secondary N) is 1. The van der Waals surface area contributed by atoms with Crippen molar-refractivity contribution in [3.8, 4) is 11.9 Å². The number of nitrogen functional groups attached to an aromatic ring is 1. The Bertz CT molecular complexity index is 1110. The van der Waals surface area contributed by atoms with Crippen LogP contribution in [0.15, 0.2) is 35.5 Å². The lowest BCUT2D eigenvalue weighted by Crippen LogP contribution is -2.34. The highest BCUT2D eigenvalue weighted by atomic mass is 35.5. The van der Waals surface area contributed by atoms with E-state index in [9.17, 15) is 10.1 Å². The fraction of sp³-hybridized carbons (Fsp3) is 0.318. The number of rotatable bonds is 2. The van der Waals surface area contributed by atoms with Crippen molar-refractivity contribution in [2.24, 2.45) is 5.41 Å². The molecule has 0 bridgehead atoms. The van der Waals surface area contributed by atoms with E-state index in [1.165, 1.54) is 7.11 Å². The number of benzene rings is 1. The van der Waals surface area contributed by atoms with Gasteiger partial charge in [0.25, 0.3) is 0 Å². The van der Waals surface area contributed by atoms with Gasteiger partial charge in [-0.25, -0.2) is 0 Å². The van der Waals surface area contributed by atoms with Gasteiger partial charge in [0.1, 0.15) is 17.5 Å². The molecule has 1 aromatic carbocycles. The summed E-state index contributed by atoms with van der Waals surface area (Å²) in [5, 5.41) is 13.7. The second-order valence-corrected chi connectivity index (χ2v) is 8.60. The van der Waals surface area contributed by atoms with Crippen LogP contribution in [0.1, 0.15) is 49.3 Å². The maximum Gasteiger partial charge on any atom is 0.235 e. The normalized spacial score (nSPS) is 19.7. The molecule has 0 saturated heterocycles. The molecule has 4 rings (SSSR count). The fourth-order valence-corrected chi connectivity index (χ4v) is 4.61. The van der Waals surface area contributed by atoms with Crippen LogP contribution < -0.4 is 15.8 Å². The van der Waals surface area contributed by atoms with Crippen LogP contribution >= 0.6 is 11.6 Å². The topological polar surface area (TPSA) is 101 Å². The molecule has 2 aliphatic rings. The summed E-state index contributed by atoms with van der Waals surface area (Å²) < 4.78 is 5.28. The van der Waals surface area contributed by atoms with Crippen LogP contribution in [0.3, 0.4) is 0 Å². The van der Waals surface area contributed by atoms with Crippen LogP contribution in [0.4, 0.5) is 11.5 Å². The van der Waals surface area contributed by atoms with Gasteiger partial charge in [0.15, 0.2) is 5.78 Å². The number of fused-ring (bicyclic) bond motifs is 1. The zero-order valence-corrected chi connectivity index (χ0v) is 17.2. The molecule has 2 aromatic rings. The van der Waals surface area contributed by atoms with Crippen LogP contribution in [0.25, 0.3) is 0 Å². The zero-order chi connectivity index (χ0) is 20.9. The molecule has 0 unspecified atom stereocenters. The molecule has 3 N–H and O–H groups in total. The Morgan fingerprint density at radius 1 is 1.34 bits per heavy atom. The van der Waals surface area contributed by atoms with Gasteiger partial charge in [0, 0.05) is 34.2 Å². The van der Waals surface area contributed by atoms with Gasteiger partial charge in [-0.15, -0.1) is 0 Å². The highest BCUT2D eigenvalue weighted by molar-refractivity contribution is 6.31. The van der Waals surface area contributed by atoms with Crippen molar-refractivity contribution in [1.29, 1.82) is 5.26 Å². The van der Waals surface area contributed by atoms with Gasteiger partial charge >= 0.3 is 0 Å². The molecule has 0 amide bonds. The number of hydrogen-bond donors (Lipinski definition) is 2. The Morgan fingerprint density at radius 3 is 2.72 bits per heavy atom. The van der Waals surface area contributed by atoms with Gasteiger partial charge < -0.3 is 15.8 Å². The molecule has 29 heavy (non-hydrogen) atoms. The first kappa shape index (κ1) is 19.3. The van der Waals surface area contributed by atoms with Crippen LogP contribution in [-0.4, -0.2) is 17.9 Å². The summed E-state index contributed by atoms with van der Waals surface area (Å²) in [4.78, 5) is 17.5. The minimum atomic E-state index is -0.496. The van der Waals surface area contributed by atoms with E-state index >= 15 is 0 Å². The van der Waals surface area contributed by atoms with Gasteiger partial charge in [-0.1, -0.05) is 43.6 Å². The molecular formula is C22H21ClN4O2. The second kappa shape index (κ2) is 6.78. The van der Waals surface area contributed by atoms with E-state index in [0.717, 1.165) is 11.3 Å². The second-order valence-electron chi connectivity index (χ2n) is 8.19. The van der Waals surface area contributed by atoms with Gasteiger partial charge in [0.2, 0.25) is 5.88 Å². The molecule has 148 valence electrons. The van der Waals surface area contributed by atoms with Crippen molar-refractivity contribution < 1.29 is 9.53 Å². The number of aromatic nitrogens is 1. The highest BCUT2D eigenvalue weighted by Crippen LogP contribution is 2.52. The number of hydrogen-bond acceptors (Lipinski definition) is 6. The minimum absolute atomic E-state index is 0.0491. The Kier molecular flexibility index (Phi) is 4.51. The van der Waals surface area contributed by atoms with Gasteiger partial charge in [-0.3, -0.25) is 4.79 Å². The number of methoxy groups -OCH3 is 1. The number of halogens is 1. The summed E-state index contributed by atoms with van der Waals surface area (Å²) in [5.74, 6) is -0.0887. The smallest absolute Gasteiger partial charge is 0.235 e. The van der Waals surface area contributed by atoms with Crippen molar-refractivity contribution in [2.75, 3.05) is 18.2 Å². The number of carbonyl (C=O) groups is 1. The van der Waals surface area contributed by atoms with Crippen molar-refractivity contribution >= 4 is 28.9 Å². The number of nitrogens with two attached hydrogens (primary N) is 1. The third kappa shape index (κ3) is 3.02. The Morgan fingerprint density at radius 2 is 2.07 bits per heavy atom. The number of pyridine rings is 1. The van der Waals surface area contributed by atoms with Crippen molar-refractivity contribution in [1.82, 2.24) is 4.98 Å².